The number of carbonyl (C=O) groups is 1. The van der Waals surface area contributed by atoms with Crippen molar-refractivity contribution in [2.45, 2.75) is 18.9 Å². The van der Waals surface area contributed by atoms with Gasteiger partial charge in [0.15, 0.2) is 0 Å². The van der Waals surface area contributed by atoms with Gasteiger partial charge in [-0.15, -0.1) is 9.42 Å². The fourth-order valence-electron chi connectivity index (χ4n) is 0.530. The Morgan fingerprint density at radius 3 is 2.82 bits per heavy atom. The van der Waals surface area contributed by atoms with E-state index in [-0.39, 0.29) is 6.61 Å². The van der Waals surface area contributed by atoms with Gasteiger partial charge in [-0.3, -0.25) is 0 Å². The first-order valence-electron chi connectivity index (χ1n) is 3.16. The number of nitrogens with two attached hydrogens (primary N) is 1. The molecule has 0 rings (SSSR count). The van der Waals surface area contributed by atoms with Crippen LogP contribution < -0.4 is 5.73 Å². The monoisotopic (exact) mass is 180 g/mol. The van der Waals surface area contributed by atoms with Gasteiger partial charge < -0.3 is 10.5 Å². The standard InChI is InChI=1S/C5H10NO4P/c6-5(4-7)2-1-3-10-11(8)9/h4-5H,1-3,6H2/p+1/t5-/m1/s1. The van der Waals surface area contributed by atoms with Crippen LogP contribution in [0, 0.1) is 0 Å². The molecule has 0 aliphatic rings. The fourth-order valence-corrected chi connectivity index (χ4v) is 0.815. The molecule has 6 heteroatoms. The van der Waals surface area contributed by atoms with Gasteiger partial charge in [-0.05, 0) is 12.8 Å². The van der Waals surface area contributed by atoms with Crippen LogP contribution in [-0.2, 0) is 13.9 Å². The average Bonchev–Trinajstić information content (AvgIpc) is 1.97. The molecule has 0 heterocycles. The molecule has 11 heavy (non-hydrogen) atoms. The maximum absolute atomic E-state index is 9.96. The molecule has 1 unspecified atom stereocenters. The second-order valence-corrected chi connectivity index (χ2v) is 2.75. The molecule has 0 bridgehead atoms. The molecule has 0 saturated heterocycles. The molecule has 0 aromatic heterocycles. The first kappa shape index (κ1) is 10.7. The lowest BCUT2D eigenvalue weighted by molar-refractivity contribution is -0.109. The number of hydrogen-bond acceptors (Lipinski definition) is 4. The van der Waals surface area contributed by atoms with E-state index in [1.54, 1.807) is 0 Å². The number of aldehydes is 1. The molecular formula is C5H11NO4P+. The normalized spacial score (nSPS) is 14.2. The van der Waals surface area contributed by atoms with Crippen molar-refractivity contribution in [1.82, 2.24) is 0 Å². The maximum atomic E-state index is 9.96. The van der Waals surface area contributed by atoms with Gasteiger partial charge in [-0.1, -0.05) is 0 Å². The van der Waals surface area contributed by atoms with E-state index >= 15 is 0 Å². The van der Waals surface area contributed by atoms with E-state index in [0.29, 0.717) is 19.1 Å². The minimum atomic E-state index is -2.51. The van der Waals surface area contributed by atoms with E-state index in [4.69, 9.17) is 10.6 Å². The van der Waals surface area contributed by atoms with Crippen molar-refractivity contribution in [2.75, 3.05) is 6.61 Å². The zero-order valence-electron chi connectivity index (χ0n) is 5.97. The van der Waals surface area contributed by atoms with Crippen molar-refractivity contribution in [1.29, 1.82) is 0 Å². The highest BCUT2D eigenvalue weighted by atomic mass is 31.1. The zero-order chi connectivity index (χ0) is 8.69. The number of hydrogen-bond donors (Lipinski definition) is 2. The molecule has 0 aliphatic heterocycles. The molecule has 3 N–H and O–H groups in total. The highest BCUT2D eigenvalue weighted by Gasteiger charge is 2.10. The van der Waals surface area contributed by atoms with Crippen LogP contribution in [-0.4, -0.2) is 23.8 Å². The van der Waals surface area contributed by atoms with E-state index in [0.717, 1.165) is 0 Å². The summed E-state index contributed by atoms with van der Waals surface area (Å²) in [7, 11) is -2.51. The lowest BCUT2D eigenvalue weighted by Crippen LogP contribution is -2.21. The molecule has 5 nitrogen and oxygen atoms in total. The SMILES string of the molecule is N[C@@H](C=O)CCCO[P+](=O)O. The van der Waals surface area contributed by atoms with Crippen LogP contribution in [0.15, 0.2) is 0 Å². The van der Waals surface area contributed by atoms with E-state index < -0.39 is 14.3 Å². The molecule has 0 saturated carbocycles. The van der Waals surface area contributed by atoms with Gasteiger partial charge in [0.25, 0.3) is 0 Å². The van der Waals surface area contributed by atoms with Crippen molar-refractivity contribution in [3.63, 3.8) is 0 Å². The second-order valence-electron chi connectivity index (χ2n) is 2.01. The van der Waals surface area contributed by atoms with Crippen LogP contribution in [0.5, 0.6) is 0 Å². The van der Waals surface area contributed by atoms with Gasteiger partial charge in [0.05, 0.1) is 6.04 Å². The van der Waals surface area contributed by atoms with Gasteiger partial charge in [0, 0.05) is 4.57 Å². The average molecular weight is 180 g/mol. The van der Waals surface area contributed by atoms with Crippen LogP contribution in [0.25, 0.3) is 0 Å². The van der Waals surface area contributed by atoms with Crippen molar-refractivity contribution < 1.29 is 18.8 Å². The Morgan fingerprint density at radius 2 is 2.36 bits per heavy atom. The lowest BCUT2D eigenvalue weighted by Gasteiger charge is -1.98. The summed E-state index contributed by atoms with van der Waals surface area (Å²) in [5.74, 6) is 0. The van der Waals surface area contributed by atoms with Gasteiger partial charge in [-0.25, -0.2) is 0 Å². The highest BCUT2D eigenvalue weighted by Crippen LogP contribution is 2.14. The Kier molecular flexibility index (Phi) is 6.16. The summed E-state index contributed by atoms with van der Waals surface area (Å²) < 4.78 is 14.3. The smallest absolute Gasteiger partial charge is 0.322 e. The Balaban J connectivity index is 3.14. The lowest BCUT2D eigenvalue weighted by atomic mass is 10.2. The summed E-state index contributed by atoms with van der Waals surface area (Å²) in [5.41, 5.74) is 5.23. The van der Waals surface area contributed by atoms with Crippen LogP contribution >= 0.6 is 8.25 Å². The largest absolute Gasteiger partial charge is 0.694 e. The quantitative estimate of drug-likeness (QED) is 0.340. The van der Waals surface area contributed by atoms with Crippen molar-refractivity contribution >= 4 is 14.5 Å². The summed E-state index contributed by atoms with van der Waals surface area (Å²) in [5, 5.41) is 0. The van der Waals surface area contributed by atoms with Crippen LogP contribution in [0.4, 0.5) is 0 Å². The first-order chi connectivity index (χ1) is 5.16. The van der Waals surface area contributed by atoms with Crippen LogP contribution in [0.2, 0.25) is 0 Å². The van der Waals surface area contributed by atoms with Crippen molar-refractivity contribution in [3.8, 4) is 0 Å². The van der Waals surface area contributed by atoms with E-state index in [1.165, 1.54) is 0 Å². The molecule has 0 amide bonds. The summed E-state index contributed by atoms with van der Waals surface area (Å²) >= 11 is 0. The molecule has 64 valence electrons. The topological polar surface area (TPSA) is 89.6 Å². The van der Waals surface area contributed by atoms with Gasteiger partial charge in [0.1, 0.15) is 12.9 Å². The van der Waals surface area contributed by atoms with Gasteiger partial charge in [0.2, 0.25) is 0 Å². The molecule has 0 aromatic rings. The summed E-state index contributed by atoms with van der Waals surface area (Å²) in [6, 6.07) is -0.491. The Labute approximate surface area is 65.5 Å². The van der Waals surface area contributed by atoms with Crippen molar-refractivity contribution in [3.05, 3.63) is 0 Å². The fraction of sp³-hybridized carbons (Fsp3) is 0.800. The molecule has 2 atom stereocenters. The minimum absolute atomic E-state index is 0.160. The van der Waals surface area contributed by atoms with Gasteiger partial charge >= 0.3 is 8.25 Å². The minimum Gasteiger partial charge on any atom is -0.322 e. The Bertz CT molecular complexity index is 140. The Morgan fingerprint density at radius 1 is 1.73 bits per heavy atom. The molecule has 0 radical (unpaired) electrons. The molecule has 0 spiro atoms. The highest BCUT2D eigenvalue weighted by molar-refractivity contribution is 7.32. The first-order valence-corrected chi connectivity index (χ1v) is 4.29. The summed E-state index contributed by atoms with van der Waals surface area (Å²) in [6.45, 7) is 0.160. The molecule has 0 aliphatic carbocycles. The maximum Gasteiger partial charge on any atom is 0.694 e. The van der Waals surface area contributed by atoms with E-state index in [2.05, 4.69) is 4.52 Å². The third kappa shape index (κ3) is 7.55. The second kappa shape index (κ2) is 6.37. The zero-order valence-corrected chi connectivity index (χ0v) is 6.87. The van der Waals surface area contributed by atoms with E-state index in [9.17, 15) is 9.36 Å². The molecule has 0 fully saturated rings. The summed E-state index contributed by atoms with van der Waals surface area (Å²) in [6.07, 6.45) is 1.63. The third-order valence-electron chi connectivity index (χ3n) is 1.06. The number of carbonyl (C=O) groups excluding carboxylic acids is 1. The van der Waals surface area contributed by atoms with Gasteiger partial charge in [-0.2, -0.15) is 0 Å². The predicted molar refractivity (Wildman–Crippen MR) is 39.1 cm³/mol. The van der Waals surface area contributed by atoms with Crippen molar-refractivity contribution in [2.24, 2.45) is 5.73 Å². The number of rotatable bonds is 6. The molecular weight excluding hydrogens is 169 g/mol. The summed E-state index contributed by atoms with van der Waals surface area (Å²) in [4.78, 5) is 18.1. The van der Waals surface area contributed by atoms with E-state index in [1.807, 2.05) is 0 Å². The third-order valence-corrected chi connectivity index (χ3v) is 1.46. The molecule has 0 aromatic carbocycles. The van der Waals surface area contributed by atoms with Crippen LogP contribution in [0.3, 0.4) is 0 Å². The predicted octanol–water partition coefficient (Wildman–Crippen LogP) is -0.0409. The van der Waals surface area contributed by atoms with Crippen LogP contribution in [0.1, 0.15) is 12.8 Å². The Hall–Kier alpha value is -0.350.